The minimum Gasteiger partial charge on any atom is -0.312 e. The number of aryl methyl sites for hydroxylation is 3. The van der Waals surface area contributed by atoms with Crippen LogP contribution in [0.15, 0.2) is 30.3 Å². The molecule has 0 saturated carbocycles. The first kappa shape index (κ1) is 15.9. The lowest BCUT2D eigenvalue weighted by Gasteiger charge is -2.31. The Kier molecular flexibility index (Phi) is 4.62. The summed E-state index contributed by atoms with van der Waals surface area (Å²) >= 11 is 1.50. The van der Waals surface area contributed by atoms with Crippen molar-refractivity contribution in [3.05, 3.63) is 51.2 Å². The van der Waals surface area contributed by atoms with E-state index in [1.807, 2.05) is 43.0 Å². The van der Waals surface area contributed by atoms with E-state index in [0.717, 1.165) is 40.4 Å². The summed E-state index contributed by atoms with van der Waals surface area (Å²) in [6.45, 7) is 4.78. The average molecular weight is 327 g/mol. The van der Waals surface area contributed by atoms with Gasteiger partial charge < -0.3 is 4.90 Å². The first-order valence-electron chi connectivity index (χ1n) is 8.05. The Morgan fingerprint density at radius 2 is 1.96 bits per heavy atom. The van der Waals surface area contributed by atoms with Gasteiger partial charge in [0.2, 0.25) is 5.91 Å². The van der Waals surface area contributed by atoms with Gasteiger partial charge in [0.15, 0.2) is 5.78 Å². The van der Waals surface area contributed by atoms with Gasteiger partial charge in [-0.3, -0.25) is 9.59 Å². The fraction of sp³-hybridized carbons (Fsp3) is 0.368. The number of nitrogens with zero attached hydrogens (tertiary/aromatic N) is 1. The molecule has 120 valence electrons. The topological polar surface area (TPSA) is 37.4 Å². The summed E-state index contributed by atoms with van der Waals surface area (Å²) in [5, 5.41) is 0. The maximum absolute atomic E-state index is 12.6. The standard InChI is InChI=1S/C19H21NO2S/c1-13-5-3-6-15-7-4-12-20(19(13)15)18(22)11-9-16(21)17-10-8-14(2)23-17/h3,5-6,8,10H,4,7,9,11-12H2,1-2H3. The number of amides is 1. The molecule has 1 amide bonds. The predicted octanol–water partition coefficient (Wildman–Crippen LogP) is 4.31. The van der Waals surface area contributed by atoms with Gasteiger partial charge >= 0.3 is 0 Å². The van der Waals surface area contributed by atoms with Crippen LogP contribution in [0.5, 0.6) is 0 Å². The minimum absolute atomic E-state index is 0.0573. The van der Waals surface area contributed by atoms with E-state index in [9.17, 15) is 9.59 Å². The van der Waals surface area contributed by atoms with Crippen LogP contribution in [0.4, 0.5) is 5.69 Å². The number of benzene rings is 1. The van der Waals surface area contributed by atoms with Gasteiger partial charge in [-0.25, -0.2) is 0 Å². The lowest BCUT2D eigenvalue weighted by atomic mass is 9.97. The molecular formula is C19H21NO2S. The van der Waals surface area contributed by atoms with Crippen LogP contribution in [0.3, 0.4) is 0 Å². The van der Waals surface area contributed by atoms with Crippen molar-refractivity contribution in [3.8, 4) is 0 Å². The normalized spacial score (nSPS) is 13.7. The second-order valence-electron chi connectivity index (χ2n) is 6.07. The summed E-state index contributed by atoms with van der Waals surface area (Å²) in [6.07, 6.45) is 2.58. The number of fused-ring (bicyclic) bond motifs is 1. The number of rotatable bonds is 4. The van der Waals surface area contributed by atoms with Crippen molar-refractivity contribution in [2.24, 2.45) is 0 Å². The van der Waals surface area contributed by atoms with E-state index in [0.29, 0.717) is 0 Å². The number of carbonyl (C=O) groups is 2. The first-order valence-corrected chi connectivity index (χ1v) is 8.86. The molecule has 3 rings (SSSR count). The number of para-hydroxylation sites is 1. The summed E-state index contributed by atoms with van der Waals surface area (Å²) in [5.41, 5.74) is 3.43. The number of carbonyl (C=O) groups excluding carboxylic acids is 2. The molecule has 1 aliphatic heterocycles. The average Bonchev–Trinajstić information content (AvgIpc) is 2.98. The summed E-state index contributed by atoms with van der Waals surface area (Å²) in [6, 6.07) is 9.99. The highest BCUT2D eigenvalue weighted by Gasteiger charge is 2.24. The molecular weight excluding hydrogens is 306 g/mol. The quantitative estimate of drug-likeness (QED) is 0.785. The molecule has 23 heavy (non-hydrogen) atoms. The Morgan fingerprint density at radius 1 is 1.13 bits per heavy atom. The molecule has 0 saturated heterocycles. The molecule has 4 heteroatoms. The SMILES string of the molecule is Cc1ccc(C(=O)CCC(=O)N2CCCc3cccc(C)c32)s1. The van der Waals surface area contributed by atoms with Crippen LogP contribution in [0.2, 0.25) is 0 Å². The smallest absolute Gasteiger partial charge is 0.227 e. The van der Waals surface area contributed by atoms with Crippen LogP contribution in [0.25, 0.3) is 0 Å². The summed E-state index contributed by atoms with van der Waals surface area (Å²) in [7, 11) is 0. The molecule has 0 atom stereocenters. The molecule has 2 heterocycles. The van der Waals surface area contributed by atoms with E-state index < -0.39 is 0 Å². The maximum atomic E-state index is 12.6. The van der Waals surface area contributed by atoms with Crippen molar-refractivity contribution in [2.45, 2.75) is 39.5 Å². The van der Waals surface area contributed by atoms with Gasteiger partial charge in [-0.1, -0.05) is 18.2 Å². The minimum atomic E-state index is 0.0573. The second-order valence-corrected chi connectivity index (χ2v) is 7.35. The Bertz CT molecular complexity index is 748. The zero-order valence-electron chi connectivity index (χ0n) is 13.6. The summed E-state index contributed by atoms with van der Waals surface area (Å²) in [5.74, 6) is 0.125. The molecule has 2 aromatic rings. The zero-order valence-corrected chi connectivity index (χ0v) is 14.4. The van der Waals surface area contributed by atoms with E-state index in [2.05, 4.69) is 6.07 Å². The van der Waals surface area contributed by atoms with E-state index in [1.165, 1.54) is 16.9 Å². The third-order valence-corrected chi connectivity index (χ3v) is 5.34. The fourth-order valence-corrected chi connectivity index (χ4v) is 3.99. The molecule has 3 nitrogen and oxygen atoms in total. The fourth-order valence-electron chi connectivity index (χ4n) is 3.16. The van der Waals surface area contributed by atoms with Gasteiger partial charge in [-0.05, 0) is 49.9 Å². The van der Waals surface area contributed by atoms with E-state index in [1.54, 1.807) is 0 Å². The van der Waals surface area contributed by atoms with Crippen LogP contribution >= 0.6 is 11.3 Å². The van der Waals surface area contributed by atoms with Crippen LogP contribution in [-0.2, 0) is 11.2 Å². The maximum Gasteiger partial charge on any atom is 0.227 e. The Balaban J connectivity index is 1.69. The number of hydrogen-bond acceptors (Lipinski definition) is 3. The van der Waals surface area contributed by atoms with Crippen molar-refractivity contribution in [1.29, 1.82) is 0 Å². The third kappa shape index (κ3) is 3.37. The molecule has 0 unspecified atom stereocenters. The Labute approximate surface area is 140 Å². The lowest BCUT2D eigenvalue weighted by molar-refractivity contribution is -0.118. The number of thiophene rings is 1. The van der Waals surface area contributed by atoms with E-state index in [4.69, 9.17) is 0 Å². The highest BCUT2D eigenvalue weighted by atomic mass is 32.1. The number of Topliss-reactive ketones (excluding diaryl/α,β-unsaturated/α-hetero) is 1. The van der Waals surface area contributed by atoms with Crippen LogP contribution in [-0.4, -0.2) is 18.2 Å². The van der Waals surface area contributed by atoms with Crippen molar-refractivity contribution in [3.63, 3.8) is 0 Å². The summed E-state index contributed by atoms with van der Waals surface area (Å²) < 4.78 is 0. The van der Waals surface area contributed by atoms with Crippen molar-refractivity contribution in [2.75, 3.05) is 11.4 Å². The van der Waals surface area contributed by atoms with Crippen molar-refractivity contribution >= 4 is 28.7 Å². The highest BCUT2D eigenvalue weighted by molar-refractivity contribution is 7.14. The van der Waals surface area contributed by atoms with Gasteiger partial charge in [-0.15, -0.1) is 11.3 Å². The molecule has 0 bridgehead atoms. The van der Waals surface area contributed by atoms with E-state index >= 15 is 0 Å². The first-order chi connectivity index (χ1) is 11.1. The molecule has 0 fully saturated rings. The Morgan fingerprint density at radius 3 is 2.70 bits per heavy atom. The number of hydrogen-bond donors (Lipinski definition) is 0. The van der Waals surface area contributed by atoms with Gasteiger partial charge in [0.25, 0.3) is 0 Å². The number of anilines is 1. The molecule has 0 spiro atoms. The van der Waals surface area contributed by atoms with Crippen LogP contribution < -0.4 is 4.90 Å². The predicted molar refractivity (Wildman–Crippen MR) is 94.5 cm³/mol. The van der Waals surface area contributed by atoms with Gasteiger partial charge in [0.1, 0.15) is 0 Å². The third-order valence-electron chi connectivity index (χ3n) is 4.30. The van der Waals surface area contributed by atoms with Gasteiger partial charge in [0.05, 0.1) is 4.88 Å². The van der Waals surface area contributed by atoms with Crippen LogP contribution in [0, 0.1) is 13.8 Å². The molecule has 0 aliphatic carbocycles. The van der Waals surface area contributed by atoms with Crippen LogP contribution in [0.1, 0.15) is 44.9 Å². The largest absolute Gasteiger partial charge is 0.312 e. The molecule has 0 radical (unpaired) electrons. The van der Waals surface area contributed by atoms with E-state index in [-0.39, 0.29) is 24.5 Å². The molecule has 1 aromatic carbocycles. The van der Waals surface area contributed by atoms with Crippen molar-refractivity contribution in [1.82, 2.24) is 0 Å². The van der Waals surface area contributed by atoms with Crippen molar-refractivity contribution < 1.29 is 9.59 Å². The molecule has 1 aromatic heterocycles. The molecule has 1 aliphatic rings. The monoisotopic (exact) mass is 327 g/mol. The second kappa shape index (κ2) is 6.67. The van der Waals surface area contributed by atoms with Gasteiger partial charge in [-0.2, -0.15) is 0 Å². The van der Waals surface area contributed by atoms with Gasteiger partial charge in [0, 0.05) is 30.0 Å². The lowest BCUT2D eigenvalue weighted by Crippen LogP contribution is -2.36. The zero-order chi connectivity index (χ0) is 16.4. The Hall–Kier alpha value is -1.94. The molecule has 0 N–H and O–H groups in total. The summed E-state index contributed by atoms with van der Waals surface area (Å²) in [4.78, 5) is 28.6. The number of ketones is 1. The highest BCUT2D eigenvalue weighted by Crippen LogP contribution is 2.31.